The number of rotatable bonds is 5. The van der Waals surface area contributed by atoms with E-state index in [-0.39, 0.29) is 17.9 Å². The van der Waals surface area contributed by atoms with Crippen molar-refractivity contribution in [3.63, 3.8) is 0 Å². The molecule has 1 aliphatic heterocycles. The van der Waals surface area contributed by atoms with Crippen molar-refractivity contribution in [1.29, 1.82) is 0 Å². The fraction of sp³-hybridized carbons (Fsp3) is 0.429. The Kier molecular flexibility index (Phi) is 5.75. The SMILES string of the molecule is COC(=O)c1c(NC(=O)[C@@H](c2ccccc2)[NH+]2CCOCC2)sc2c1CCC2. The van der Waals surface area contributed by atoms with Gasteiger partial charge in [-0.2, -0.15) is 0 Å². The van der Waals surface area contributed by atoms with Gasteiger partial charge in [0.1, 0.15) is 18.1 Å². The third-order valence-electron chi connectivity index (χ3n) is 5.49. The number of amides is 1. The zero-order chi connectivity index (χ0) is 19.5. The first-order valence-corrected chi connectivity index (χ1v) is 10.5. The van der Waals surface area contributed by atoms with E-state index < -0.39 is 0 Å². The van der Waals surface area contributed by atoms with Crippen molar-refractivity contribution in [3.8, 4) is 0 Å². The molecule has 1 atom stereocenters. The van der Waals surface area contributed by atoms with Gasteiger partial charge in [-0.3, -0.25) is 4.79 Å². The highest BCUT2D eigenvalue weighted by molar-refractivity contribution is 7.17. The molecule has 7 heteroatoms. The molecule has 2 aromatic rings. The van der Waals surface area contributed by atoms with Crippen LogP contribution < -0.4 is 10.2 Å². The first kappa shape index (κ1) is 19.1. The summed E-state index contributed by atoms with van der Waals surface area (Å²) in [6, 6.07) is 9.49. The fourth-order valence-corrected chi connectivity index (χ4v) is 5.41. The maximum Gasteiger partial charge on any atom is 0.341 e. The van der Waals surface area contributed by atoms with Crippen LogP contribution in [0.15, 0.2) is 30.3 Å². The number of ether oxygens (including phenoxy) is 2. The fourth-order valence-electron chi connectivity index (χ4n) is 4.13. The Bertz CT molecular complexity index is 859. The molecule has 1 aliphatic carbocycles. The van der Waals surface area contributed by atoms with Crippen molar-refractivity contribution >= 4 is 28.2 Å². The Hall–Kier alpha value is -2.22. The summed E-state index contributed by atoms with van der Waals surface area (Å²) in [5.41, 5.74) is 2.56. The van der Waals surface area contributed by atoms with E-state index in [0.29, 0.717) is 23.8 Å². The van der Waals surface area contributed by atoms with Crippen molar-refractivity contribution in [2.45, 2.75) is 25.3 Å². The minimum Gasteiger partial charge on any atom is -0.465 e. The van der Waals surface area contributed by atoms with Gasteiger partial charge >= 0.3 is 5.97 Å². The summed E-state index contributed by atoms with van der Waals surface area (Å²) in [7, 11) is 1.39. The Morgan fingerprint density at radius 1 is 1.18 bits per heavy atom. The second-order valence-corrected chi connectivity index (χ2v) is 8.26. The van der Waals surface area contributed by atoms with Crippen LogP contribution >= 0.6 is 11.3 Å². The molecule has 28 heavy (non-hydrogen) atoms. The molecule has 0 spiro atoms. The molecular formula is C21H25N2O4S+. The highest BCUT2D eigenvalue weighted by Gasteiger charge is 2.35. The van der Waals surface area contributed by atoms with Crippen LogP contribution in [0.4, 0.5) is 5.00 Å². The van der Waals surface area contributed by atoms with E-state index in [1.807, 2.05) is 30.3 Å². The predicted octanol–water partition coefficient (Wildman–Crippen LogP) is 1.62. The number of fused-ring (bicyclic) bond motifs is 1. The molecule has 1 aromatic heterocycles. The third-order valence-corrected chi connectivity index (χ3v) is 6.69. The number of hydrogen-bond acceptors (Lipinski definition) is 5. The van der Waals surface area contributed by atoms with Crippen LogP contribution in [0, 0.1) is 0 Å². The number of methoxy groups -OCH3 is 1. The van der Waals surface area contributed by atoms with Crippen molar-refractivity contribution in [1.82, 2.24) is 0 Å². The monoisotopic (exact) mass is 401 g/mol. The lowest BCUT2D eigenvalue weighted by Crippen LogP contribution is -3.15. The number of morpholine rings is 1. The van der Waals surface area contributed by atoms with Gasteiger partial charge in [0.2, 0.25) is 0 Å². The van der Waals surface area contributed by atoms with E-state index in [1.165, 1.54) is 28.2 Å². The average Bonchev–Trinajstić information content (AvgIpc) is 3.30. The zero-order valence-corrected chi connectivity index (χ0v) is 16.8. The molecule has 2 N–H and O–H groups in total. The lowest BCUT2D eigenvalue weighted by Gasteiger charge is -2.30. The predicted molar refractivity (Wildman–Crippen MR) is 107 cm³/mol. The summed E-state index contributed by atoms with van der Waals surface area (Å²) in [6.45, 7) is 2.84. The Labute approximate surface area is 168 Å². The van der Waals surface area contributed by atoms with Crippen molar-refractivity contribution in [2.24, 2.45) is 0 Å². The second-order valence-electron chi connectivity index (χ2n) is 7.16. The van der Waals surface area contributed by atoms with Gasteiger partial charge in [-0.05, 0) is 24.8 Å². The minimum atomic E-state index is -0.371. The third kappa shape index (κ3) is 3.70. The summed E-state index contributed by atoms with van der Waals surface area (Å²) in [5.74, 6) is -0.460. The molecule has 2 heterocycles. The lowest BCUT2D eigenvalue weighted by molar-refractivity contribution is -0.929. The maximum absolute atomic E-state index is 13.4. The number of thiophene rings is 1. The van der Waals surface area contributed by atoms with E-state index in [4.69, 9.17) is 9.47 Å². The van der Waals surface area contributed by atoms with Crippen LogP contribution in [0.25, 0.3) is 0 Å². The van der Waals surface area contributed by atoms with E-state index >= 15 is 0 Å². The normalized spacial score (nSPS) is 17.8. The molecule has 4 rings (SSSR count). The molecular weight excluding hydrogens is 376 g/mol. The van der Waals surface area contributed by atoms with E-state index in [9.17, 15) is 9.59 Å². The molecule has 1 saturated heterocycles. The van der Waals surface area contributed by atoms with Crippen LogP contribution in [0.1, 0.15) is 38.8 Å². The molecule has 1 amide bonds. The number of nitrogens with one attached hydrogen (secondary N) is 2. The quantitative estimate of drug-likeness (QED) is 0.747. The Morgan fingerprint density at radius 2 is 1.93 bits per heavy atom. The number of carbonyl (C=O) groups is 2. The summed E-state index contributed by atoms with van der Waals surface area (Å²) in [6.07, 6.45) is 2.86. The smallest absolute Gasteiger partial charge is 0.341 e. The van der Waals surface area contributed by atoms with Gasteiger partial charge in [-0.25, -0.2) is 4.79 Å². The molecule has 0 bridgehead atoms. The van der Waals surface area contributed by atoms with Crippen LogP contribution in [0.3, 0.4) is 0 Å². The molecule has 2 aliphatic rings. The Balaban J connectivity index is 1.64. The van der Waals surface area contributed by atoms with Gasteiger partial charge in [-0.1, -0.05) is 30.3 Å². The summed E-state index contributed by atoms with van der Waals surface area (Å²) >= 11 is 1.51. The van der Waals surface area contributed by atoms with Gasteiger partial charge in [0.25, 0.3) is 5.91 Å². The first-order valence-electron chi connectivity index (χ1n) is 9.70. The number of anilines is 1. The minimum absolute atomic E-state index is 0.0897. The standard InChI is InChI=1S/C21H24N2O4S/c1-26-21(25)17-15-8-5-9-16(15)28-20(17)22-19(24)18(14-6-3-2-4-7-14)23-10-12-27-13-11-23/h2-4,6-7,18H,5,8-13H2,1H3,(H,22,24)/p+1/t18-/m1/s1. The molecule has 0 radical (unpaired) electrons. The van der Waals surface area contributed by atoms with E-state index in [1.54, 1.807) is 0 Å². The van der Waals surface area contributed by atoms with Crippen LogP contribution in [-0.4, -0.2) is 45.3 Å². The van der Waals surface area contributed by atoms with Crippen LogP contribution in [0.2, 0.25) is 0 Å². The zero-order valence-electron chi connectivity index (χ0n) is 16.0. The van der Waals surface area contributed by atoms with Crippen LogP contribution in [0.5, 0.6) is 0 Å². The molecule has 0 unspecified atom stereocenters. The number of benzene rings is 1. The average molecular weight is 402 g/mol. The number of quaternary nitrogens is 1. The number of carbonyl (C=O) groups excluding carboxylic acids is 2. The summed E-state index contributed by atoms with van der Waals surface area (Å²) < 4.78 is 10.5. The largest absolute Gasteiger partial charge is 0.465 e. The topological polar surface area (TPSA) is 69.1 Å². The van der Waals surface area contributed by atoms with Gasteiger partial charge in [-0.15, -0.1) is 11.3 Å². The molecule has 6 nitrogen and oxygen atoms in total. The number of esters is 1. The molecule has 148 valence electrons. The van der Waals surface area contributed by atoms with E-state index in [2.05, 4.69) is 5.32 Å². The second kappa shape index (κ2) is 8.43. The molecule has 0 saturated carbocycles. The summed E-state index contributed by atoms with van der Waals surface area (Å²) in [4.78, 5) is 28.1. The highest BCUT2D eigenvalue weighted by atomic mass is 32.1. The van der Waals surface area contributed by atoms with Gasteiger partial charge in [0.05, 0.1) is 25.9 Å². The maximum atomic E-state index is 13.4. The van der Waals surface area contributed by atoms with Crippen molar-refractivity contribution in [2.75, 3.05) is 38.7 Å². The van der Waals surface area contributed by atoms with Gasteiger partial charge in [0.15, 0.2) is 6.04 Å². The van der Waals surface area contributed by atoms with Crippen molar-refractivity contribution < 1.29 is 24.0 Å². The van der Waals surface area contributed by atoms with Gasteiger partial charge in [0, 0.05) is 10.4 Å². The van der Waals surface area contributed by atoms with Crippen LogP contribution in [-0.2, 0) is 27.1 Å². The Morgan fingerprint density at radius 3 is 2.64 bits per heavy atom. The molecule has 1 fully saturated rings. The molecule has 1 aromatic carbocycles. The highest BCUT2D eigenvalue weighted by Crippen LogP contribution is 2.39. The van der Waals surface area contributed by atoms with E-state index in [0.717, 1.165) is 43.5 Å². The lowest BCUT2D eigenvalue weighted by atomic mass is 10.0. The number of hydrogen-bond donors (Lipinski definition) is 2. The first-order chi connectivity index (χ1) is 13.7. The summed E-state index contributed by atoms with van der Waals surface area (Å²) in [5, 5.41) is 3.69. The number of aryl methyl sites for hydroxylation is 1. The van der Waals surface area contributed by atoms with Crippen molar-refractivity contribution in [3.05, 3.63) is 51.9 Å². The van der Waals surface area contributed by atoms with Gasteiger partial charge < -0.3 is 19.7 Å².